The van der Waals surface area contributed by atoms with E-state index >= 15 is 0 Å². The first kappa shape index (κ1) is 21.1. The van der Waals surface area contributed by atoms with Crippen LogP contribution in [0.2, 0.25) is 0 Å². The summed E-state index contributed by atoms with van der Waals surface area (Å²) in [6.07, 6.45) is 0.383. The number of aromatic nitrogens is 2. The van der Waals surface area contributed by atoms with Crippen LogP contribution in [0.3, 0.4) is 0 Å². The molecule has 0 spiro atoms. The lowest BCUT2D eigenvalue weighted by Crippen LogP contribution is -2.44. The van der Waals surface area contributed by atoms with Crippen molar-refractivity contribution in [3.05, 3.63) is 17.0 Å². The van der Waals surface area contributed by atoms with Crippen molar-refractivity contribution in [3.63, 3.8) is 0 Å². The maximum absolute atomic E-state index is 12.3. The van der Waals surface area contributed by atoms with E-state index in [1.807, 2.05) is 20.9 Å². The number of hydrogen-bond donors (Lipinski definition) is 1. The predicted molar refractivity (Wildman–Crippen MR) is 93.3 cm³/mol. The molecule has 142 valence electrons. The molecule has 1 amide bonds. The maximum Gasteiger partial charge on any atom is 0.309 e. The molecule has 8 nitrogen and oxygen atoms in total. The van der Waals surface area contributed by atoms with Crippen LogP contribution in [-0.2, 0) is 37.8 Å². The third kappa shape index (κ3) is 4.81. The Balaban J connectivity index is 2.84. The van der Waals surface area contributed by atoms with Gasteiger partial charge in [0, 0.05) is 18.7 Å². The summed E-state index contributed by atoms with van der Waals surface area (Å²) in [5.74, 6) is -2.68. The van der Waals surface area contributed by atoms with Crippen molar-refractivity contribution in [3.8, 4) is 0 Å². The van der Waals surface area contributed by atoms with Crippen LogP contribution in [0.25, 0.3) is 0 Å². The first-order valence-electron chi connectivity index (χ1n) is 8.04. The van der Waals surface area contributed by atoms with Crippen LogP contribution in [-0.4, -0.2) is 42.4 Å². The Hall–Kier alpha value is -1.90. The molecule has 0 saturated carbocycles. The van der Waals surface area contributed by atoms with Crippen molar-refractivity contribution in [2.24, 2.45) is 18.9 Å². The van der Waals surface area contributed by atoms with Gasteiger partial charge >= 0.3 is 5.97 Å². The van der Waals surface area contributed by atoms with Gasteiger partial charge in [0.05, 0.1) is 24.0 Å². The fraction of sp³-hybridized carbons (Fsp3) is 0.688. The Kier molecular flexibility index (Phi) is 6.75. The van der Waals surface area contributed by atoms with E-state index in [4.69, 9.17) is 0 Å². The molecule has 0 unspecified atom stereocenters. The lowest BCUT2D eigenvalue weighted by molar-refractivity contribution is -0.144. The number of hydrogen-bond acceptors (Lipinski definition) is 6. The van der Waals surface area contributed by atoms with Gasteiger partial charge in [-0.1, -0.05) is 13.8 Å². The molecule has 0 saturated heterocycles. The average Bonchev–Trinajstić information content (AvgIpc) is 2.78. The van der Waals surface area contributed by atoms with E-state index in [9.17, 15) is 18.0 Å². The quantitative estimate of drug-likeness (QED) is 0.710. The second-order valence-electron chi connectivity index (χ2n) is 6.41. The summed E-state index contributed by atoms with van der Waals surface area (Å²) >= 11 is 0. The Bertz CT molecular complexity index is 754. The van der Waals surface area contributed by atoms with Gasteiger partial charge in [-0.3, -0.25) is 19.0 Å². The van der Waals surface area contributed by atoms with E-state index in [1.54, 1.807) is 11.6 Å². The molecular weight excluding hydrogens is 346 g/mol. The first-order chi connectivity index (χ1) is 11.4. The van der Waals surface area contributed by atoms with Crippen molar-refractivity contribution in [2.45, 2.75) is 46.3 Å². The number of nitrogens with one attached hydrogen (secondary N) is 1. The monoisotopic (exact) mass is 373 g/mol. The molecular formula is C16H27N3O5S. The minimum Gasteiger partial charge on any atom is -0.469 e. The summed E-state index contributed by atoms with van der Waals surface area (Å²) in [5, 5.41) is 3.21. The topological polar surface area (TPSA) is 107 Å². The van der Waals surface area contributed by atoms with Gasteiger partial charge in [-0.25, -0.2) is 8.42 Å². The van der Waals surface area contributed by atoms with Crippen LogP contribution >= 0.6 is 0 Å². The Labute approximate surface area is 149 Å². The molecule has 1 aromatic rings. The normalized spacial score (nSPS) is 15.3. The van der Waals surface area contributed by atoms with Crippen LogP contribution in [0.15, 0.2) is 0 Å². The van der Waals surface area contributed by atoms with Crippen molar-refractivity contribution < 1.29 is 22.7 Å². The summed E-state index contributed by atoms with van der Waals surface area (Å²) in [7, 11) is -0.979. The number of aryl methyl sites for hydroxylation is 2. The number of nitrogens with zero attached hydrogens (tertiary/aromatic N) is 2. The number of esters is 1. The number of ether oxygens (including phenoxy) is 1. The third-order valence-electron chi connectivity index (χ3n) is 4.63. The summed E-state index contributed by atoms with van der Waals surface area (Å²) in [5.41, 5.74) is 2.68. The largest absolute Gasteiger partial charge is 0.469 e. The molecule has 0 bridgehead atoms. The molecule has 1 N–H and O–H groups in total. The van der Waals surface area contributed by atoms with Crippen molar-refractivity contribution in [1.82, 2.24) is 14.5 Å². The van der Waals surface area contributed by atoms with Crippen LogP contribution in [0.1, 0.15) is 37.7 Å². The average molecular weight is 373 g/mol. The van der Waals surface area contributed by atoms with Gasteiger partial charge in [0.15, 0.2) is 0 Å². The minimum atomic E-state index is -3.99. The molecule has 3 atom stereocenters. The van der Waals surface area contributed by atoms with Gasteiger partial charge in [0.25, 0.3) is 0 Å². The van der Waals surface area contributed by atoms with Crippen LogP contribution in [0.4, 0.5) is 0 Å². The molecule has 0 aliphatic rings. The standard InChI is InChI=1S/C16H27N3O5S/c1-9(8-14-11(3)17-19(6)12(14)4)15(20)18-25(22,23)13(5)10(2)16(21)24-7/h9-10,13H,8H2,1-7H3,(H,18,20)/t9-,10+,13-/m0/s1. The molecule has 0 aliphatic carbocycles. The second kappa shape index (κ2) is 7.99. The van der Waals surface area contributed by atoms with E-state index in [0.29, 0.717) is 6.42 Å². The first-order valence-corrected chi connectivity index (χ1v) is 9.59. The predicted octanol–water partition coefficient (Wildman–Crippen LogP) is 0.859. The number of carbonyl (C=O) groups excluding carboxylic acids is 2. The van der Waals surface area contributed by atoms with Crippen molar-refractivity contribution in [2.75, 3.05) is 7.11 Å². The molecule has 1 rings (SSSR count). The fourth-order valence-corrected chi connectivity index (χ4v) is 3.81. The maximum atomic E-state index is 12.3. The highest BCUT2D eigenvalue weighted by molar-refractivity contribution is 7.90. The van der Waals surface area contributed by atoms with Crippen LogP contribution in [0.5, 0.6) is 0 Å². The van der Waals surface area contributed by atoms with Crippen molar-refractivity contribution in [1.29, 1.82) is 0 Å². The smallest absolute Gasteiger partial charge is 0.309 e. The van der Waals surface area contributed by atoms with Crippen LogP contribution < -0.4 is 4.72 Å². The Morgan fingerprint density at radius 3 is 2.24 bits per heavy atom. The number of methoxy groups -OCH3 is 1. The van der Waals surface area contributed by atoms with E-state index < -0.39 is 39.0 Å². The zero-order valence-corrected chi connectivity index (χ0v) is 16.6. The lowest BCUT2D eigenvalue weighted by atomic mass is 9.99. The Morgan fingerprint density at radius 1 is 1.24 bits per heavy atom. The molecule has 1 heterocycles. The lowest BCUT2D eigenvalue weighted by Gasteiger charge is -2.20. The van der Waals surface area contributed by atoms with Gasteiger partial charge in [-0.05, 0) is 32.8 Å². The van der Waals surface area contributed by atoms with Crippen molar-refractivity contribution >= 4 is 21.9 Å². The molecule has 25 heavy (non-hydrogen) atoms. The number of sulfonamides is 1. The van der Waals surface area contributed by atoms with Gasteiger partial charge in [0.2, 0.25) is 15.9 Å². The second-order valence-corrected chi connectivity index (χ2v) is 8.44. The zero-order chi connectivity index (χ0) is 19.5. The van der Waals surface area contributed by atoms with E-state index in [2.05, 4.69) is 14.6 Å². The zero-order valence-electron chi connectivity index (χ0n) is 15.8. The highest BCUT2D eigenvalue weighted by atomic mass is 32.2. The Morgan fingerprint density at radius 2 is 1.80 bits per heavy atom. The van der Waals surface area contributed by atoms with Gasteiger partial charge in [-0.2, -0.15) is 5.10 Å². The van der Waals surface area contributed by atoms with E-state index in [-0.39, 0.29) is 0 Å². The number of rotatable bonds is 7. The molecule has 0 fully saturated rings. The summed E-state index contributed by atoms with van der Waals surface area (Å²) in [6, 6.07) is 0. The molecule has 0 aliphatic heterocycles. The number of carbonyl (C=O) groups is 2. The van der Waals surface area contributed by atoms with Crippen LogP contribution in [0, 0.1) is 25.7 Å². The molecule has 0 aromatic carbocycles. The van der Waals surface area contributed by atoms with Gasteiger partial charge in [-0.15, -0.1) is 0 Å². The summed E-state index contributed by atoms with van der Waals surface area (Å²) in [6.45, 7) is 8.23. The highest BCUT2D eigenvalue weighted by Gasteiger charge is 2.34. The molecule has 0 radical (unpaired) electrons. The minimum absolute atomic E-state index is 0.383. The summed E-state index contributed by atoms with van der Waals surface area (Å²) in [4.78, 5) is 23.9. The van der Waals surface area contributed by atoms with Gasteiger partial charge < -0.3 is 4.74 Å². The molecule has 1 aromatic heterocycles. The van der Waals surface area contributed by atoms with Gasteiger partial charge in [0.1, 0.15) is 0 Å². The molecule has 9 heteroatoms. The van der Waals surface area contributed by atoms with E-state index in [1.165, 1.54) is 21.0 Å². The number of amides is 1. The highest BCUT2D eigenvalue weighted by Crippen LogP contribution is 2.18. The summed E-state index contributed by atoms with van der Waals surface area (Å²) < 4.78 is 33.1. The fourth-order valence-electron chi connectivity index (χ4n) is 2.49. The third-order valence-corrected chi connectivity index (χ3v) is 6.50. The van der Waals surface area contributed by atoms with E-state index in [0.717, 1.165) is 17.0 Å². The SMILES string of the molecule is COC(=O)[C@H](C)[C@H](C)S(=O)(=O)NC(=O)[C@@H](C)Cc1c(C)nn(C)c1C.